The van der Waals surface area contributed by atoms with Crippen LogP contribution in [0.2, 0.25) is 0 Å². The average molecular weight is 186 g/mol. The zero-order chi connectivity index (χ0) is 9.90. The van der Waals surface area contributed by atoms with Crippen LogP contribution in [-0.4, -0.2) is 27.7 Å². The van der Waals surface area contributed by atoms with Gasteiger partial charge >= 0.3 is 0 Å². The average Bonchev–Trinajstić information content (AvgIpc) is 2.08. The number of rotatable bonds is 3. The lowest BCUT2D eigenvalue weighted by Crippen LogP contribution is -2.34. The molecule has 0 spiro atoms. The third-order valence-corrected chi connectivity index (χ3v) is 2.77. The van der Waals surface area contributed by atoms with E-state index in [-0.39, 0.29) is 11.9 Å². The number of aliphatic hydroxyl groups is 2. The molecule has 0 amide bonds. The van der Waals surface area contributed by atoms with Gasteiger partial charge in [-0.15, -0.1) is 0 Å². The third-order valence-electron chi connectivity index (χ3n) is 2.77. The lowest BCUT2D eigenvalue weighted by atomic mass is 9.81. The van der Waals surface area contributed by atoms with Crippen molar-refractivity contribution in [3.63, 3.8) is 0 Å². The van der Waals surface area contributed by atoms with Crippen LogP contribution in [0.4, 0.5) is 0 Å². The van der Waals surface area contributed by atoms with Crippen LogP contribution in [0.3, 0.4) is 0 Å². The van der Waals surface area contributed by atoms with Crippen molar-refractivity contribution in [2.45, 2.75) is 57.2 Å². The summed E-state index contributed by atoms with van der Waals surface area (Å²) in [6.45, 7) is 1.72. The minimum atomic E-state index is -0.690. The molecule has 0 radical (unpaired) electrons. The molecule has 1 aliphatic rings. The molecule has 13 heavy (non-hydrogen) atoms. The van der Waals surface area contributed by atoms with Crippen molar-refractivity contribution in [1.82, 2.24) is 0 Å². The molecule has 0 aromatic rings. The molecule has 2 N–H and O–H groups in total. The van der Waals surface area contributed by atoms with Crippen LogP contribution in [0.15, 0.2) is 0 Å². The zero-order valence-corrected chi connectivity index (χ0v) is 8.12. The third kappa shape index (κ3) is 3.44. The van der Waals surface area contributed by atoms with E-state index < -0.39 is 5.60 Å². The van der Waals surface area contributed by atoms with Crippen molar-refractivity contribution in [2.75, 3.05) is 0 Å². The molecule has 0 aliphatic heterocycles. The molecule has 1 unspecified atom stereocenters. The van der Waals surface area contributed by atoms with Gasteiger partial charge in [0.2, 0.25) is 0 Å². The van der Waals surface area contributed by atoms with Crippen molar-refractivity contribution < 1.29 is 15.0 Å². The highest BCUT2D eigenvalue weighted by molar-refractivity contribution is 5.79. The molecule has 3 nitrogen and oxygen atoms in total. The summed E-state index contributed by atoms with van der Waals surface area (Å²) in [4.78, 5) is 10.9. The molecule has 3 heteroatoms. The van der Waals surface area contributed by atoms with E-state index in [0.29, 0.717) is 38.5 Å². The van der Waals surface area contributed by atoms with Gasteiger partial charge < -0.3 is 10.2 Å². The summed E-state index contributed by atoms with van der Waals surface area (Å²) in [6.07, 6.45) is 2.99. The molecular weight excluding hydrogens is 168 g/mol. The number of aliphatic hydroxyl groups excluding tert-OH is 1. The van der Waals surface area contributed by atoms with Gasteiger partial charge in [-0.1, -0.05) is 0 Å². The zero-order valence-electron chi connectivity index (χ0n) is 8.12. The Morgan fingerprint density at radius 1 is 1.46 bits per heavy atom. The Bertz CT molecular complexity index is 177. The Labute approximate surface area is 78.8 Å². The second-order valence-corrected chi connectivity index (χ2v) is 4.15. The van der Waals surface area contributed by atoms with E-state index in [4.69, 9.17) is 5.11 Å². The fourth-order valence-electron chi connectivity index (χ4n) is 1.72. The Morgan fingerprint density at radius 2 is 2.00 bits per heavy atom. The molecule has 1 rings (SSSR count). The van der Waals surface area contributed by atoms with E-state index >= 15 is 0 Å². The largest absolute Gasteiger partial charge is 0.393 e. The van der Waals surface area contributed by atoms with E-state index in [1.807, 2.05) is 0 Å². The fraction of sp³-hybridized carbons (Fsp3) is 0.900. The van der Waals surface area contributed by atoms with Gasteiger partial charge in [0.05, 0.1) is 11.7 Å². The lowest BCUT2D eigenvalue weighted by Gasteiger charge is -2.31. The maximum Gasteiger partial charge on any atom is 0.133 e. The van der Waals surface area contributed by atoms with Gasteiger partial charge in [0.1, 0.15) is 5.78 Å². The SMILES string of the molecule is CC(O)CCC1(O)CCC(=O)CC1. The second-order valence-electron chi connectivity index (χ2n) is 4.15. The summed E-state index contributed by atoms with van der Waals surface area (Å²) >= 11 is 0. The topological polar surface area (TPSA) is 57.5 Å². The van der Waals surface area contributed by atoms with E-state index in [9.17, 15) is 9.90 Å². The van der Waals surface area contributed by atoms with Gasteiger partial charge in [-0.25, -0.2) is 0 Å². The predicted octanol–water partition coefficient (Wildman–Crippen LogP) is 1.02. The van der Waals surface area contributed by atoms with Crippen LogP contribution in [-0.2, 0) is 4.79 Å². The first-order chi connectivity index (χ1) is 6.02. The van der Waals surface area contributed by atoms with Crippen LogP contribution in [0, 0.1) is 0 Å². The van der Waals surface area contributed by atoms with Gasteiger partial charge in [-0.3, -0.25) is 4.79 Å². The highest BCUT2D eigenvalue weighted by atomic mass is 16.3. The van der Waals surface area contributed by atoms with Gasteiger partial charge in [0, 0.05) is 12.8 Å². The van der Waals surface area contributed by atoms with Crippen molar-refractivity contribution in [1.29, 1.82) is 0 Å². The summed E-state index contributed by atoms with van der Waals surface area (Å²) in [6, 6.07) is 0. The molecule has 1 atom stereocenters. The molecule has 76 valence electrons. The van der Waals surface area contributed by atoms with E-state index in [2.05, 4.69) is 0 Å². The number of Topliss-reactive ketones (excluding diaryl/α,β-unsaturated/α-hetero) is 1. The van der Waals surface area contributed by atoms with Gasteiger partial charge in [0.25, 0.3) is 0 Å². The maximum atomic E-state index is 10.9. The molecule has 0 aromatic heterocycles. The van der Waals surface area contributed by atoms with Crippen molar-refractivity contribution >= 4 is 5.78 Å². The van der Waals surface area contributed by atoms with Crippen LogP contribution in [0.5, 0.6) is 0 Å². The normalized spacial score (nSPS) is 24.4. The first-order valence-electron chi connectivity index (χ1n) is 4.94. The summed E-state index contributed by atoms with van der Waals surface area (Å²) in [7, 11) is 0. The number of ketones is 1. The van der Waals surface area contributed by atoms with Gasteiger partial charge in [0.15, 0.2) is 0 Å². The van der Waals surface area contributed by atoms with Gasteiger partial charge in [-0.05, 0) is 32.6 Å². The second kappa shape index (κ2) is 4.20. The molecular formula is C10H18O3. The van der Waals surface area contributed by atoms with Crippen LogP contribution >= 0.6 is 0 Å². The molecule has 1 fully saturated rings. The lowest BCUT2D eigenvalue weighted by molar-refractivity contribution is -0.125. The van der Waals surface area contributed by atoms with Crippen molar-refractivity contribution in [2.24, 2.45) is 0 Å². The van der Waals surface area contributed by atoms with E-state index in [0.717, 1.165) is 0 Å². The minimum absolute atomic E-state index is 0.252. The fourth-order valence-corrected chi connectivity index (χ4v) is 1.72. The smallest absolute Gasteiger partial charge is 0.133 e. The first-order valence-corrected chi connectivity index (χ1v) is 4.94. The van der Waals surface area contributed by atoms with Gasteiger partial charge in [-0.2, -0.15) is 0 Å². The molecule has 1 aliphatic carbocycles. The highest BCUT2D eigenvalue weighted by Crippen LogP contribution is 2.30. The molecule has 0 saturated heterocycles. The Balaban J connectivity index is 2.34. The minimum Gasteiger partial charge on any atom is -0.393 e. The number of carbonyl (C=O) groups excluding carboxylic acids is 1. The summed E-state index contributed by atoms with van der Waals surface area (Å²) < 4.78 is 0. The summed E-state index contributed by atoms with van der Waals surface area (Å²) in [5.41, 5.74) is -0.690. The quantitative estimate of drug-likeness (QED) is 0.692. The maximum absolute atomic E-state index is 10.9. The van der Waals surface area contributed by atoms with Crippen LogP contribution in [0.25, 0.3) is 0 Å². The monoisotopic (exact) mass is 186 g/mol. The number of hydrogen-bond donors (Lipinski definition) is 2. The number of carbonyl (C=O) groups is 1. The van der Waals surface area contributed by atoms with E-state index in [1.165, 1.54) is 0 Å². The highest BCUT2D eigenvalue weighted by Gasteiger charge is 2.31. The summed E-state index contributed by atoms with van der Waals surface area (Å²) in [5.74, 6) is 0.252. The predicted molar refractivity (Wildman–Crippen MR) is 49.3 cm³/mol. The van der Waals surface area contributed by atoms with Crippen molar-refractivity contribution in [3.05, 3.63) is 0 Å². The molecule has 1 saturated carbocycles. The van der Waals surface area contributed by atoms with Crippen LogP contribution < -0.4 is 0 Å². The standard InChI is InChI=1S/C10H18O3/c1-8(11)2-5-10(13)6-3-9(12)4-7-10/h8,11,13H,2-7H2,1H3. The molecule has 0 heterocycles. The first kappa shape index (κ1) is 10.7. The Kier molecular flexibility index (Phi) is 3.45. The molecule has 0 aromatic carbocycles. The molecule has 0 bridgehead atoms. The Hall–Kier alpha value is -0.410. The number of hydrogen-bond acceptors (Lipinski definition) is 3. The van der Waals surface area contributed by atoms with Crippen molar-refractivity contribution in [3.8, 4) is 0 Å². The summed E-state index contributed by atoms with van der Waals surface area (Å²) in [5, 5.41) is 19.0. The Morgan fingerprint density at radius 3 is 2.46 bits per heavy atom. The van der Waals surface area contributed by atoms with Crippen LogP contribution in [0.1, 0.15) is 45.4 Å². The van der Waals surface area contributed by atoms with E-state index in [1.54, 1.807) is 6.92 Å².